The van der Waals surface area contributed by atoms with Gasteiger partial charge in [-0.3, -0.25) is 4.79 Å². The van der Waals surface area contributed by atoms with Crippen molar-refractivity contribution >= 4 is 11.9 Å². The number of aliphatic carboxylic acids is 1. The predicted octanol–water partition coefficient (Wildman–Crippen LogP) is 0.255. The molecule has 0 radical (unpaired) electrons. The molecule has 0 bridgehead atoms. The molecular weight excluding hydrogens is 353 g/mol. The molecule has 5 nitrogen and oxygen atoms in total. The smallest absolute Gasteiger partial charge is 0.548 e. The molecule has 0 aromatic rings. The Labute approximate surface area is 187 Å². The zero-order valence-electron chi connectivity index (χ0n) is 17.5. The van der Waals surface area contributed by atoms with Crippen LogP contribution in [0, 0.1) is 0 Å². The van der Waals surface area contributed by atoms with Crippen LogP contribution in [0.2, 0.25) is 0 Å². The molecule has 0 rings (SSSR count). The van der Waals surface area contributed by atoms with Gasteiger partial charge in [0.1, 0.15) is 0 Å². The van der Waals surface area contributed by atoms with Gasteiger partial charge >= 0.3 is 29.6 Å². The molecule has 0 heterocycles. The molecular formula is C21H38NNaO4. The second-order valence-corrected chi connectivity index (χ2v) is 6.96. The number of carboxylic acid groups (broad SMARTS) is 1. The quantitative estimate of drug-likeness (QED) is 0.199. The molecule has 6 heteroatoms. The molecule has 0 saturated carbocycles. The van der Waals surface area contributed by atoms with Crippen molar-refractivity contribution in [2.45, 2.75) is 103 Å². The number of carbonyl (C=O) groups is 2. The van der Waals surface area contributed by atoms with Crippen LogP contribution in [-0.4, -0.2) is 29.6 Å². The number of allylic oxidation sites excluding steroid dienone is 2. The summed E-state index contributed by atoms with van der Waals surface area (Å²) in [5.41, 5.74) is 0. The first-order valence-electron chi connectivity index (χ1n) is 10.4. The molecule has 0 aromatic heterocycles. The zero-order valence-corrected chi connectivity index (χ0v) is 19.5. The Balaban J connectivity index is 0. The van der Waals surface area contributed by atoms with Crippen molar-refractivity contribution in [2.75, 3.05) is 6.61 Å². The third-order valence-corrected chi connectivity index (χ3v) is 4.47. The maximum absolute atomic E-state index is 11.5. The number of nitrogens with one attached hydrogen (secondary N) is 1. The first-order valence-corrected chi connectivity index (χ1v) is 10.4. The van der Waals surface area contributed by atoms with Gasteiger partial charge in [-0.15, -0.1) is 0 Å². The molecule has 0 aromatic carbocycles. The van der Waals surface area contributed by atoms with Gasteiger partial charge in [0.25, 0.3) is 0 Å². The monoisotopic (exact) mass is 391 g/mol. The van der Waals surface area contributed by atoms with E-state index < -0.39 is 18.6 Å². The van der Waals surface area contributed by atoms with Crippen LogP contribution in [0.3, 0.4) is 0 Å². The fourth-order valence-electron chi connectivity index (χ4n) is 2.80. The summed E-state index contributed by atoms with van der Waals surface area (Å²) in [5, 5.41) is 21.7. The van der Waals surface area contributed by atoms with Crippen LogP contribution in [0.1, 0.15) is 96.8 Å². The van der Waals surface area contributed by atoms with Gasteiger partial charge < -0.3 is 20.3 Å². The molecule has 0 aliphatic rings. The van der Waals surface area contributed by atoms with Gasteiger partial charge in [0, 0.05) is 6.42 Å². The van der Waals surface area contributed by atoms with Crippen LogP contribution in [0.4, 0.5) is 0 Å². The van der Waals surface area contributed by atoms with Gasteiger partial charge in [-0.25, -0.2) is 0 Å². The number of aliphatic hydroxyl groups is 1. The summed E-state index contributed by atoms with van der Waals surface area (Å²) in [7, 11) is 0. The molecule has 1 amide bonds. The summed E-state index contributed by atoms with van der Waals surface area (Å²) in [6.07, 6.45) is 20.4. The molecule has 0 aliphatic heterocycles. The van der Waals surface area contributed by atoms with E-state index in [-0.39, 0.29) is 35.5 Å². The van der Waals surface area contributed by atoms with Gasteiger partial charge in [0.15, 0.2) is 0 Å². The zero-order chi connectivity index (χ0) is 19.5. The molecule has 0 spiro atoms. The number of carboxylic acids is 1. The van der Waals surface area contributed by atoms with Gasteiger partial charge in [-0.1, -0.05) is 70.4 Å². The summed E-state index contributed by atoms with van der Waals surface area (Å²) < 4.78 is 0. The minimum atomic E-state index is -1.45. The van der Waals surface area contributed by atoms with Crippen LogP contribution < -0.4 is 40.0 Å². The second-order valence-electron chi connectivity index (χ2n) is 6.96. The van der Waals surface area contributed by atoms with E-state index in [1.54, 1.807) is 0 Å². The molecule has 2 N–H and O–H groups in total. The Morgan fingerprint density at radius 3 is 1.85 bits per heavy atom. The third-order valence-electron chi connectivity index (χ3n) is 4.47. The Morgan fingerprint density at radius 2 is 1.37 bits per heavy atom. The van der Waals surface area contributed by atoms with Crippen LogP contribution in [0.25, 0.3) is 0 Å². The summed E-state index contributed by atoms with van der Waals surface area (Å²) in [6, 6.07) is -1.30. The van der Waals surface area contributed by atoms with Crippen LogP contribution in [0.15, 0.2) is 12.2 Å². The van der Waals surface area contributed by atoms with Gasteiger partial charge in [0.05, 0.1) is 18.6 Å². The summed E-state index contributed by atoms with van der Waals surface area (Å²) in [4.78, 5) is 22.1. The number of hydrogen-bond donors (Lipinski definition) is 2. The van der Waals surface area contributed by atoms with Crippen LogP contribution in [0.5, 0.6) is 0 Å². The maximum Gasteiger partial charge on any atom is 1.00 e. The van der Waals surface area contributed by atoms with Crippen molar-refractivity contribution in [3.8, 4) is 0 Å². The molecule has 0 fully saturated rings. The largest absolute Gasteiger partial charge is 1.00 e. The normalized spacial score (nSPS) is 11.9. The minimum Gasteiger partial charge on any atom is -0.548 e. The van der Waals surface area contributed by atoms with Crippen LogP contribution >= 0.6 is 0 Å². The van der Waals surface area contributed by atoms with Crippen molar-refractivity contribution in [1.82, 2.24) is 5.32 Å². The van der Waals surface area contributed by atoms with Crippen molar-refractivity contribution < 1.29 is 49.4 Å². The number of carbonyl (C=O) groups excluding carboxylic acids is 2. The fourth-order valence-corrected chi connectivity index (χ4v) is 2.80. The second kappa shape index (κ2) is 21.9. The summed E-state index contributed by atoms with van der Waals surface area (Å²) >= 11 is 0. The van der Waals surface area contributed by atoms with E-state index in [0.29, 0.717) is 6.42 Å². The topological polar surface area (TPSA) is 89.5 Å². The fraction of sp³-hybridized carbons (Fsp3) is 0.810. The first kappa shape index (κ1) is 28.8. The van der Waals surface area contributed by atoms with E-state index in [0.717, 1.165) is 32.1 Å². The SMILES string of the molecule is CCCCCCCCC=CCCCCCCCC(=O)N[C@@H](CO)C(=O)[O-].[Na+]. The van der Waals surface area contributed by atoms with E-state index >= 15 is 0 Å². The molecule has 0 aliphatic carbocycles. The molecule has 152 valence electrons. The van der Waals surface area contributed by atoms with Gasteiger partial charge in [-0.05, 0) is 32.1 Å². The van der Waals surface area contributed by atoms with Crippen molar-refractivity contribution in [2.24, 2.45) is 0 Å². The van der Waals surface area contributed by atoms with E-state index in [2.05, 4.69) is 24.4 Å². The minimum absolute atomic E-state index is 0. The Bertz CT molecular complexity index is 388. The summed E-state index contributed by atoms with van der Waals surface area (Å²) in [6.45, 7) is 1.60. The average Bonchev–Trinajstić information content (AvgIpc) is 2.62. The Kier molecular flexibility index (Phi) is 23.4. The summed E-state index contributed by atoms with van der Waals surface area (Å²) in [5.74, 6) is -1.80. The Hall–Kier alpha value is -0.360. The average molecular weight is 392 g/mol. The van der Waals surface area contributed by atoms with Gasteiger partial charge in [-0.2, -0.15) is 0 Å². The van der Waals surface area contributed by atoms with E-state index in [9.17, 15) is 14.7 Å². The molecule has 1 atom stereocenters. The third kappa shape index (κ3) is 20.2. The van der Waals surface area contributed by atoms with Crippen molar-refractivity contribution in [1.29, 1.82) is 0 Å². The number of unbranched alkanes of at least 4 members (excludes halogenated alkanes) is 11. The predicted molar refractivity (Wildman–Crippen MR) is 103 cm³/mol. The number of hydrogen-bond acceptors (Lipinski definition) is 4. The standard InChI is InChI=1S/C21H39NO4.Na/c1-2-3-4-5-6-7-8-9-10-11-12-13-14-15-16-17-20(24)22-19(18-23)21(25)26;/h9-10,19,23H,2-8,11-18H2,1H3,(H,22,24)(H,25,26);/q;+1/p-1/t19-;/m0./s1. The van der Waals surface area contributed by atoms with Crippen molar-refractivity contribution in [3.63, 3.8) is 0 Å². The van der Waals surface area contributed by atoms with E-state index in [1.807, 2.05) is 0 Å². The molecule has 0 unspecified atom stereocenters. The van der Waals surface area contributed by atoms with Gasteiger partial charge in [0.2, 0.25) is 5.91 Å². The number of aliphatic hydroxyl groups excluding tert-OH is 1. The van der Waals surface area contributed by atoms with E-state index in [4.69, 9.17) is 5.11 Å². The van der Waals surface area contributed by atoms with Crippen LogP contribution in [-0.2, 0) is 9.59 Å². The first-order chi connectivity index (χ1) is 12.6. The van der Waals surface area contributed by atoms with Crippen molar-refractivity contribution in [3.05, 3.63) is 12.2 Å². The molecule has 27 heavy (non-hydrogen) atoms. The number of rotatable bonds is 18. The maximum atomic E-state index is 11.5. The number of amides is 1. The molecule has 0 saturated heterocycles. The van der Waals surface area contributed by atoms with E-state index in [1.165, 1.54) is 51.4 Å². The Morgan fingerprint density at radius 1 is 0.889 bits per heavy atom.